The summed E-state index contributed by atoms with van der Waals surface area (Å²) in [6.45, 7) is 0.491. The molecule has 140 valence electrons. The minimum Gasteiger partial charge on any atom is -0.392 e. The quantitative estimate of drug-likeness (QED) is 0.525. The van der Waals surface area contributed by atoms with Gasteiger partial charge in [-0.2, -0.15) is 0 Å². The highest BCUT2D eigenvalue weighted by atomic mass is 32.2. The molecule has 27 heavy (non-hydrogen) atoms. The normalized spacial score (nSPS) is 12.7. The lowest BCUT2D eigenvalue weighted by Crippen LogP contribution is -2.35. The topological polar surface area (TPSA) is 72.3 Å². The van der Waals surface area contributed by atoms with Crippen LogP contribution in [0.5, 0.6) is 0 Å². The van der Waals surface area contributed by atoms with E-state index in [0.29, 0.717) is 6.54 Å². The van der Waals surface area contributed by atoms with Gasteiger partial charge in [-0.3, -0.25) is 0 Å². The van der Waals surface area contributed by atoms with Crippen molar-refractivity contribution in [2.75, 3.05) is 12.3 Å². The van der Waals surface area contributed by atoms with Gasteiger partial charge in [0.25, 0.3) is 0 Å². The molecule has 0 bridgehead atoms. The Kier molecular flexibility index (Phi) is 6.69. The van der Waals surface area contributed by atoms with E-state index in [1.165, 1.54) is 11.1 Å². The highest BCUT2D eigenvalue weighted by Gasteiger charge is 2.37. The van der Waals surface area contributed by atoms with Crippen molar-refractivity contribution in [1.82, 2.24) is 0 Å². The van der Waals surface area contributed by atoms with Crippen LogP contribution < -0.4 is 11.5 Å². The molecule has 0 fully saturated rings. The third-order valence-corrected chi connectivity index (χ3v) is 6.46. The van der Waals surface area contributed by atoms with Crippen LogP contribution in [0, 0.1) is 0 Å². The van der Waals surface area contributed by atoms with Gasteiger partial charge in [0, 0.05) is 18.3 Å². The predicted octanol–water partition coefficient (Wildman–Crippen LogP) is 3.49. The van der Waals surface area contributed by atoms with Crippen LogP contribution >= 0.6 is 11.8 Å². The molecule has 0 amide bonds. The van der Waals surface area contributed by atoms with Gasteiger partial charge in [0.05, 0.1) is 11.4 Å². The molecule has 0 radical (unpaired) electrons. The first-order valence-corrected chi connectivity index (χ1v) is 10.1. The zero-order valence-corrected chi connectivity index (χ0v) is 16.1. The maximum absolute atomic E-state index is 9.44. The minimum atomic E-state index is -0.400. The highest BCUT2D eigenvalue weighted by molar-refractivity contribution is 8.00. The van der Waals surface area contributed by atoms with Crippen molar-refractivity contribution in [2.45, 2.75) is 17.4 Å². The molecule has 3 nitrogen and oxygen atoms in total. The molecule has 5 N–H and O–H groups in total. The van der Waals surface area contributed by atoms with Gasteiger partial charge in [-0.05, 0) is 22.3 Å². The summed E-state index contributed by atoms with van der Waals surface area (Å²) in [5.41, 5.74) is 16.4. The van der Waals surface area contributed by atoms with Crippen molar-refractivity contribution < 1.29 is 5.11 Å². The van der Waals surface area contributed by atoms with E-state index in [1.807, 2.05) is 24.3 Å². The van der Waals surface area contributed by atoms with Crippen LogP contribution in [0.25, 0.3) is 0 Å². The number of rotatable bonds is 8. The molecule has 0 saturated carbocycles. The average molecular weight is 379 g/mol. The Morgan fingerprint density at radius 3 is 1.70 bits per heavy atom. The van der Waals surface area contributed by atoms with Crippen LogP contribution in [0.1, 0.15) is 22.3 Å². The Hall–Kier alpha value is -2.11. The number of aliphatic hydroxyl groups is 1. The molecular formula is C23H26N2OS. The van der Waals surface area contributed by atoms with Crippen molar-refractivity contribution in [3.05, 3.63) is 107 Å². The highest BCUT2D eigenvalue weighted by Crippen LogP contribution is 2.48. The molecule has 0 unspecified atom stereocenters. The second-order valence-corrected chi connectivity index (χ2v) is 7.81. The summed E-state index contributed by atoms with van der Waals surface area (Å²) in [7, 11) is 0. The van der Waals surface area contributed by atoms with E-state index in [9.17, 15) is 5.11 Å². The van der Waals surface area contributed by atoms with E-state index < -0.39 is 4.75 Å². The molecule has 0 aromatic heterocycles. The number of thioether (sulfide) groups is 1. The first-order valence-electron chi connectivity index (χ1n) is 9.11. The molecule has 0 saturated heterocycles. The van der Waals surface area contributed by atoms with Crippen molar-refractivity contribution in [3.63, 3.8) is 0 Å². The first-order chi connectivity index (χ1) is 13.2. The molecule has 1 atom stereocenters. The first kappa shape index (κ1) is 19.6. The zero-order valence-electron chi connectivity index (χ0n) is 15.3. The molecule has 0 spiro atoms. The van der Waals surface area contributed by atoms with Crippen LogP contribution in [0.4, 0.5) is 0 Å². The third kappa shape index (κ3) is 4.25. The van der Waals surface area contributed by atoms with Crippen LogP contribution in [0.3, 0.4) is 0 Å². The van der Waals surface area contributed by atoms with E-state index in [0.717, 1.165) is 16.9 Å². The van der Waals surface area contributed by atoms with Crippen LogP contribution in [0.2, 0.25) is 0 Å². The standard InChI is InChI=1S/C23H26N2OS/c24-15-22(25)17-27-23(19-7-3-1-4-8-19,20-9-5-2-6-10-20)21-13-11-18(16-26)12-14-21/h1-14,22,26H,15-17,24-25H2/t22-/m1/s1. The Bertz CT molecular complexity index is 783. The van der Waals surface area contributed by atoms with Gasteiger partial charge in [0.1, 0.15) is 0 Å². The summed E-state index contributed by atoms with van der Waals surface area (Å²) in [6.07, 6.45) is 0. The molecule has 0 aliphatic rings. The lowest BCUT2D eigenvalue weighted by molar-refractivity contribution is 0.282. The van der Waals surface area contributed by atoms with Gasteiger partial charge in [0.15, 0.2) is 0 Å². The van der Waals surface area contributed by atoms with E-state index >= 15 is 0 Å². The fourth-order valence-corrected chi connectivity index (χ4v) is 4.75. The maximum Gasteiger partial charge on any atom is 0.0907 e. The van der Waals surface area contributed by atoms with E-state index in [-0.39, 0.29) is 12.6 Å². The number of benzene rings is 3. The summed E-state index contributed by atoms with van der Waals surface area (Å²) in [4.78, 5) is 0. The number of nitrogens with two attached hydrogens (primary N) is 2. The van der Waals surface area contributed by atoms with Gasteiger partial charge < -0.3 is 16.6 Å². The lowest BCUT2D eigenvalue weighted by atomic mass is 9.83. The van der Waals surface area contributed by atoms with Crippen LogP contribution in [-0.4, -0.2) is 23.4 Å². The molecule has 0 aliphatic carbocycles. The SMILES string of the molecule is NC[C@@H](N)CSC(c1ccccc1)(c1ccccc1)c1ccc(CO)cc1. The van der Waals surface area contributed by atoms with E-state index in [1.54, 1.807) is 11.8 Å². The number of aliphatic hydroxyl groups excluding tert-OH is 1. The number of hydrogen-bond acceptors (Lipinski definition) is 4. The van der Waals surface area contributed by atoms with Crippen LogP contribution in [0.15, 0.2) is 84.9 Å². The summed E-state index contributed by atoms with van der Waals surface area (Å²) in [5.74, 6) is 0.738. The van der Waals surface area contributed by atoms with Crippen molar-refractivity contribution in [3.8, 4) is 0 Å². The molecule has 3 aromatic carbocycles. The second kappa shape index (κ2) is 9.20. The lowest BCUT2D eigenvalue weighted by Gasteiger charge is -2.36. The van der Waals surface area contributed by atoms with Crippen molar-refractivity contribution >= 4 is 11.8 Å². The van der Waals surface area contributed by atoms with Gasteiger partial charge in [0.2, 0.25) is 0 Å². The van der Waals surface area contributed by atoms with Crippen LogP contribution in [-0.2, 0) is 11.4 Å². The summed E-state index contributed by atoms with van der Waals surface area (Å²) >= 11 is 1.81. The smallest absolute Gasteiger partial charge is 0.0907 e. The summed E-state index contributed by atoms with van der Waals surface area (Å²) < 4.78 is -0.400. The molecule has 3 aromatic rings. The van der Waals surface area contributed by atoms with Crippen molar-refractivity contribution in [1.29, 1.82) is 0 Å². The average Bonchev–Trinajstić information content (AvgIpc) is 2.76. The maximum atomic E-state index is 9.44. The molecule has 0 heterocycles. The fraction of sp³-hybridized carbons (Fsp3) is 0.217. The Morgan fingerprint density at radius 1 is 0.778 bits per heavy atom. The van der Waals surface area contributed by atoms with Crippen molar-refractivity contribution in [2.24, 2.45) is 11.5 Å². The van der Waals surface area contributed by atoms with E-state index in [2.05, 4.69) is 60.7 Å². The minimum absolute atomic E-state index is 0.0368. The largest absolute Gasteiger partial charge is 0.392 e. The molecular weight excluding hydrogens is 352 g/mol. The Labute approximate surface area is 165 Å². The second-order valence-electron chi connectivity index (χ2n) is 6.58. The third-order valence-electron chi connectivity index (χ3n) is 4.72. The molecule has 0 aliphatic heterocycles. The van der Waals surface area contributed by atoms with Gasteiger partial charge >= 0.3 is 0 Å². The Morgan fingerprint density at radius 2 is 1.26 bits per heavy atom. The van der Waals surface area contributed by atoms with E-state index in [4.69, 9.17) is 11.5 Å². The monoisotopic (exact) mass is 378 g/mol. The zero-order chi connectivity index (χ0) is 19.1. The summed E-state index contributed by atoms with van der Waals surface area (Å²) in [6, 6.07) is 29.1. The molecule has 4 heteroatoms. The van der Waals surface area contributed by atoms with Gasteiger partial charge in [-0.25, -0.2) is 0 Å². The fourth-order valence-electron chi connectivity index (χ4n) is 3.24. The van der Waals surface area contributed by atoms with Gasteiger partial charge in [-0.15, -0.1) is 11.8 Å². The Balaban J connectivity index is 2.20. The number of hydrogen-bond donors (Lipinski definition) is 3. The predicted molar refractivity (Wildman–Crippen MR) is 115 cm³/mol. The van der Waals surface area contributed by atoms with Gasteiger partial charge in [-0.1, -0.05) is 84.9 Å². The molecule has 3 rings (SSSR count). The summed E-state index contributed by atoms with van der Waals surface area (Å²) in [5, 5.41) is 9.44.